The zero-order valence-corrected chi connectivity index (χ0v) is 21.9. The summed E-state index contributed by atoms with van der Waals surface area (Å²) in [7, 11) is 5.87. The maximum absolute atomic E-state index is 13.7. The number of nitrogens with zero attached hydrogens (tertiary/aromatic N) is 4. The fourth-order valence-corrected chi connectivity index (χ4v) is 5.04. The third kappa shape index (κ3) is 3.71. The number of rotatable bonds is 6. The van der Waals surface area contributed by atoms with Crippen LogP contribution in [0, 0.1) is 5.92 Å². The average Bonchev–Trinajstić information content (AvgIpc) is 3.47. The lowest BCUT2D eigenvalue weighted by Gasteiger charge is -2.35. The molecule has 2 heterocycles. The number of ketones is 2. The van der Waals surface area contributed by atoms with Crippen molar-refractivity contribution < 1.29 is 33.6 Å². The number of anilines is 1. The van der Waals surface area contributed by atoms with Crippen LogP contribution in [0.2, 0.25) is 5.02 Å². The van der Waals surface area contributed by atoms with Gasteiger partial charge in [-0.05, 0) is 23.8 Å². The summed E-state index contributed by atoms with van der Waals surface area (Å²) in [5.41, 5.74) is -0.483. The van der Waals surface area contributed by atoms with E-state index in [0.717, 1.165) is 0 Å². The van der Waals surface area contributed by atoms with Crippen LogP contribution in [0.4, 0.5) is 5.69 Å². The number of phenolic OH excluding ortho intramolecular Hbond substituents is 1. The van der Waals surface area contributed by atoms with Gasteiger partial charge < -0.3 is 29.4 Å². The maximum atomic E-state index is 13.7. The van der Waals surface area contributed by atoms with Crippen LogP contribution >= 0.6 is 11.6 Å². The molecule has 1 aliphatic carbocycles. The summed E-state index contributed by atoms with van der Waals surface area (Å²) in [6.07, 6.45) is 1.53. The van der Waals surface area contributed by atoms with E-state index in [1.165, 1.54) is 38.3 Å². The Balaban J connectivity index is 1.51. The Morgan fingerprint density at radius 3 is 2.45 bits per heavy atom. The molecule has 2 aromatic carbocycles. The number of benzene rings is 2. The average molecular weight is 542 g/mol. The van der Waals surface area contributed by atoms with Gasteiger partial charge in [0.25, 0.3) is 0 Å². The van der Waals surface area contributed by atoms with Crippen molar-refractivity contribution in [1.82, 2.24) is 20.2 Å². The molecule has 3 aromatic rings. The number of aromatic hydroxyl groups is 1. The lowest BCUT2D eigenvalue weighted by atomic mass is 9.74. The fraction of sp³-hybridized carbons (Fsp3) is 0.320. The van der Waals surface area contributed by atoms with Crippen LogP contribution in [0.25, 0.3) is 11.4 Å². The van der Waals surface area contributed by atoms with E-state index >= 15 is 0 Å². The normalized spacial score (nSPS) is 20.2. The number of aryl methyl sites for hydroxylation is 1. The highest BCUT2D eigenvalue weighted by Crippen LogP contribution is 2.53. The number of nitrogens with one attached hydrogen (secondary N) is 1. The zero-order valence-electron chi connectivity index (χ0n) is 21.2. The number of methoxy groups -OCH3 is 3. The Morgan fingerprint density at radius 2 is 1.84 bits per heavy atom. The molecule has 12 nitrogen and oxygen atoms in total. The summed E-state index contributed by atoms with van der Waals surface area (Å²) in [5.74, 6) is -0.912. The Kier molecular flexibility index (Phi) is 6.14. The van der Waals surface area contributed by atoms with Gasteiger partial charge in [-0.15, -0.1) is 10.2 Å². The molecule has 1 aromatic heterocycles. The number of halogens is 1. The predicted octanol–water partition coefficient (Wildman–Crippen LogP) is 3.18. The maximum Gasteiger partial charge on any atom is 0.236 e. The number of fused-ring (bicyclic) bond motifs is 1. The molecule has 0 saturated heterocycles. The molecule has 2 aliphatic rings. The van der Waals surface area contributed by atoms with Gasteiger partial charge in [0.15, 0.2) is 17.2 Å². The largest absolute Gasteiger partial charge is 0.503 e. The summed E-state index contributed by atoms with van der Waals surface area (Å²) in [4.78, 5) is 28.6. The van der Waals surface area contributed by atoms with Crippen LogP contribution in [-0.4, -0.2) is 63.8 Å². The molecule has 198 valence electrons. The van der Waals surface area contributed by atoms with Crippen molar-refractivity contribution in [2.75, 3.05) is 26.6 Å². The van der Waals surface area contributed by atoms with Crippen LogP contribution in [0.5, 0.6) is 28.7 Å². The summed E-state index contributed by atoms with van der Waals surface area (Å²) in [6, 6.07) is 4.67. The van der Waals surface area contributed by atoms with E-state index in [1.54, 1.807) is 26.1 Å². The second-order valence-electron chi connectivity index (χ2n) is 8.91. The molecule has 0 fully saturated rings. The van der Waals surface area contributed by atoms with Gasteiger partial charge in [0, 0.05) is 29.3 Å². The monoisotopic (exact) mass is 541 g/mol. The number of phenols is 1. The molecule has 0 amide bonds. The Morgan fingerprint density at radius 1 is 1.13 bits per heavy atom. The van der Waals surface area contributed by atoms with Crippen molar-refractivity contribution >= 4 is 28.9 Å². The van der Waals surface area contributed by atoms with Gasteiger partial charge in [0.2, 0.25) is 23.0 Å². The number of aromatic nitrogens is 4. The topological polar surface area (TPSA) is 147 Å². The minimum Gasteiger partial charge on any atom is -0.503 e. The van der Waals surface area contributed by atoms with Gasteiger partial charge in [-0.3, -0.25) is 9.59 Å². The van der Waals surface area contributed by atoms with E-state index in [1.807, 2.05) is 0 Å². The molecule has 2 N–H and O–H groups in total. The van der Waals surface area contributed by atoms with Gasteiger partial charge in [-0.25, -0.2) is 0 Å². The highest BCUT2D eigenvalue weighted by Gasteiger charge is 2.60. The minimum absolute atomic E-state index is 0.0458. The summed E-state index contributed by atoms with van der Waals surface area (Å²) in [5, 5.41) is 25.9. The van der Waals surface area contributed by atoms with E-state index in [2.05, 4.69) is 20.7 Å². The van der Waals surface area contributed by atoms with Crippen molar-refractivity contribution in [3.63, 3.8) is 0 Å². The van der Waals surface area contributed by atoms with Gasteiger partial charge in [-0.1, -0.05) is 18.5 Å². The first kappa shape index (κ1) is 25.3. The third-order valence-corrected chi connectivity index (χ3v) is 7.02. The van der Waals surface area contributed by atoms with Crippen molar-refractivity contribution in [2.24, 2.45) is 13.0 Å². The first-order valence-corrected chi connectivity index (χ1v) is 11.9. The zero-order chi connectivity index (χ0) is 27.4. The quantitative estimate of drug-likeness (QED) is 0.350. The van der Waals surface area contributed by atoms with Gasteiger partial charge in [0.05, 0.1) is 34.1 Å². The molecule has 2 atom stereocenters. The van der Waals surface area contributed by atoms with Crippen LogP contribution in [0.1, 0.15) is 23.7 Å². The fourth-order valence-electron chi connectivity index (χ4n) is 4.78. The lowest BCUT2D eigenvalue weighted by molar-refractivity contribution is -0.129. The lowest BCUT2D eigenvalue weighted by Crippen LogP contribution is -2.55. The summed E-state index contributed by atoms with van der Waals surface area (Å²) >= 11 is 6.44. The van der Waals surface area contributed by atoms with Crippen LogP contribution < -0.4 is 24.3 Å². The van der Waals surface area contributed by atoms with Gasteiger partial charge >= 0.3 is 0 Å². The highest BCUT2D eigenvalue weighted by atomic mass is 35.5. The number of tetrazole rings is 1. The molecule has 13 heteroatoms. The number of carbonyl (C=O) groups excluding carboxylic acids is 2. The summed E-state index contributed by atoms with van der Waals surface area (Å²) < 4.78 is 22.0. The number of Topliss-reactive ketones (excluding diaryl/α,β-unsaturated/α-hetero) is 1. The molecule has 0 radical (unpaired) electrons. The standard InChI is InChI=1S/C25H24ClN5O7/c1-11-6-13(27-14-7-12(8-17(37-5)21(14)33)24-28-30-31(2)29-24)9-18(32)25(11)23(34)19-15(35-3)10-16(36-4)20(26)22(19)38-25/h7-11,27,33H,6H2,1-5H3/t11-,25+/m1/s1. The number of allylic oxidation sites excluding steroid dienone is 1. The Labute approximate surface area is 222 Å². The van der Waals surface area contributed by atoms with E-state index in [4.69, 9.17) is 30.5 Å². The van der Waals surface area contributed by atoms with E-state index in [9.17, 15) is 14.7 Å². The molecule has 1 spiro atoms. The summed E-state index contributed by atoms with van der Waals surface area (Å²) in [6.45, 7) is 1.73. The van der Waals surface area contributed by atoms with Crippen molar-refractivity contribution in [2.45, 2.75) is 18.9 Å². The molecular weight excluding hydrogens is 518 g/mol. The van der Waals surface area contributed by atoms with E-state index in [0.29, 0.717) is 17.1 Å². The minimum atomic E-state index is -1.82. The first-order chi connectivity index (χ1) is 18.1. The van der Waals surface area contributed by atoms with Gasteiger partial charge in [0.1, 0.15) is 22.1 Å². The molecule has 38 heavy (non-hydrogen) atoms. The first-order valence-electron chi connectivity index (χ1n) is 11.5. The molecule has 0 unspecified atom stereocenters. The number of hydrogen-bond acceptors (Lipinski definition) is 11. The second-order valence-corrected chi connectivity index (χ2v) is 9.29. The molecule has 1 aliphatic heterocycles. The van der Waals surface area contributed by atoms with Crippen LogP contribution in [0.3, 0.4) is 0 Å². The smallest absolute Gasteiger partial charge is 0.236 e. The molecule has 0 bridgehead atoms. The third-order valence-electron chi connectivity index (χ3n) is 6.67. The highest BCUT2D eigenvalue weighted by molar-refractivity contribution is 6.36. The Hall–Kier alpha value is -4.32. The number of hydrogen-bond donors (Lipinski definition) is 2. The van der Waals surface area contributed by atoms with Crippen LogP contribution in [-0.2, 0) is 11.8 Å². The second kappa shape index (κ2) is 9.21. The van der Waals surface area contributed by atoms with Crippen molar-refractivity contribution in [3.8, 4) is 40.1 Å². The molecule has 0 saturated carbocycles. The number of ether oxygens (including phenoxy) is 4. The SMILES string of the molecule is COc1cc(-c2nnn(C)n2)cc(NC2=CC(=O)[C@@]3(Oc4c(Cl)c(OC)cc(OC)c4C3=O)[C@H](C)C2)c1O. The predicted molar refractivity (Wildman–Crippen MR) is 135 cm³/mol. The molecule has 5 rings (SSSR count). The van der Waals surface area contributed by atoms with Crippen LogP contribution in [0.15, 0.2) is 30.0 Å². The Bertz CT molecular complexity index is 1520. The van der Waals surface area contributed by atoms with Gasteiger partial charge in [-0.2, -0.15) is 4.80 Å². The van der Waals surface area contributed by atoms with E-state index < -0.39 is 23.1 Å². The molecular formula is C25H24ClN5O7. The van der Waals surface area contributed by atoms with Crippen molar-refractivity contribution in [1.29, 1.82) is 0 Å². The number of carbonyl (C=O) groups is 2. The van der Waals surface area contributed by atoms with E-state index in [-0.39, 0.29) is 51.4 Å². The van der Waals surface area contributed by atoms with Crippen molar-refractivity contribution in [3.05, 3.63) is 40.6 Å².